The summed E-state index contributed by atoms with van der Waals surface area (Å²) < 4.78 is 2.03. The monoisotopic (exact) mass is 492 g/mol. The fraction of sp³-hybridized carbons (Fsp3) is 0.280. The molecule has 1 N–H and O–H groups in total. The average molecular weight is 493 g/mol. The van der Waals surface area contributed by atoms with Crippen LogP contribution in [0, 0.1) is 13.8 Å². The topological polar surface area (TPSA) is 75.9 Å². The number of aryl methyl sites for hydroxylation is 2. The minimum Gasteiger partial charge on any atom is -0.378 e. The molecule has 4 aromatic rings. The summed E-state index contributed by atoms with van der Waals surface area (Å²) in [5.74, 6) is 0.915. The summed E-state index contributed by atoms with van der Waals surface area (Å²) >= 11 is 2.80. The minimum absolute atomic E-state index is 0.117. The Kier molecular flexibility index (Phi) is 7.33. The number of nitrogens with zero attached hydrogens (tertiary/aromatic N) is 5. The van der Waals surface area contributed by atoms with Crippen LogP contribution in [0.2, 0.25) is 0 Å². The van der Waals surface area contributed by atoms with Crippen molar-refractivity contribution in [2.24, 2.45) is 0 Å². The van der Waals surface area contributed by atoms with Crippen LogP contribution in [0.5, 0.6) is 0 Å². The van der Waals surface area contributed by atoms with E-state index in [2.05, 4.69) is 76.5 Å². The molecule has 7 nitrogen and oxygen atoms in total. The van der Waals surface area contributed by atoms with Gasteiger partial charge in [-0.25, -0.2) is 4.98 Å². The zero-order valence-corrected chi connectivity index (χ0v) is 21.6. The Bertz CT molecular complexity index is 1290. The van der Waals surface area contributed by atoms with Crippen molar-refractivity contribution in [3.63, 3.8) is 0 Å². The maximum atomic E-state index is 12.6. The lowest BCUT2D eigenvalue weighted by Crippen LogP contribution is -2.14. The lowest BCUT2D eigenvalue weighted by molar-refractivity contribution is -0.113. The van der Waals surface area contributed by atoms with Gasteiger partial charge in [0.05, 0.1) is 11.4 Å². The van der Waals surface area contributed by atoms with Gasteiger partial charge in [-0.3, -0.25) is 4.79 Å². The zero-order chi connectivity index (χ0) is 24.2. The van der Waals surface area contributed by atoms with Gasteiger partial charge in [0.1, 0.15) is 0 Å². The molecule has 0 aliphatic carbocycles. The summed E-state index contributed by atoms with van der Waals surface area (Å²) in [6.07, 6.45) is 0. The Hall–Kier alpha value is -3.17. The van der Waals surface area contributed by atoms with Crippen molar-refractivity contribution < 1.29 is 4.79 Å². The fourth-order valence-electron chi connectivity index (χ4n) is 3.45. The first-order valence-electron chi connectivity index (χ1n) is 11.0. The molecule has 0 saturated carbocycles. The molecule has 2 aromatic carbocycles. The predicted octanol–water partition coefficient (Wildman–Crippen LogP) is 5.50. The zero-order valence-electron chi connectivity index (χ0n) is 20.0. The van der Waals surface area contributed by atoms with Gasteiger partial charge in [0.25, 0.3) is 0 Å². The second kappa shape index (κ2) is 10.4. The van der Waals surface area contributed by atoms with Gasteiger partial charge in [-0.15, -0.1) is 21.5 Å². The summed E-state index contributed by atoms with van der Waals surface area (Å²) in [4.78, 5) is 19.2. The van der Waals surface area contributed by atoms with Crippen LogP contribution in [0.4, 0.5) is 10.8 Å². The van der Waals surface area contributed by atoms with Crippen LogP contribution in [0.25, 0.3) is 22.6 Å². The second-order valence-electron chi connectivity index (χ2n) is 8.17. The van der Waals surface area contributed by atoms with E-state index in [0.717, 1.165) is 33.5 Å². The first-order chi connectivity index (χ1) is 16.4. The largest absolute Gasteiger partial charge is 0.378 e. The van der Waals surface area contributed by atoms with E-state index in [-0.39, 0.29) is 11.7 Å². The standard InChI is InChI=1S/C25H28N6OS2/c1-6-31-23(18-9-11-20(12-10-18)30(4)5)28-29-25(31)34-15-22(32)27-24-26-21(14-33-24)19-8-7-16(2)17(3)13-19/h7-14H,6,15H2,1-5H3,(H,26,27,32). The highest BCUT2D eigenvalue weighted by atomic mass is 32.2. The number of thioether (sulfide) groups is 1. The third kappa shape index (κ3) is 5.31. The van der Waals surface area contributed by atoms with Gasteiger partial charge in [0.2, 0.25) is 5.91 Å². The highest BCUT2D eigenvalue weighted by molar-refractivity contribution is 7.99. The normalized spacial score (nSPS) is 11.0. The van der Waals surface area contributed by atoms with Crippen LogP contribution in [-0.2, 0) is 11.3 Å². The smallest absolute Gasteiger partial charge is 0.236 e. The molecule has 0 fully saturated rings. The second-order valence-corrected chi connectivity index (χ2v) is 9.97. The lowest BCUT2D eigenvalue weighted by atomic mass is 10.1. The summed E-state index contributed by atoms with van der Waals surface area (Å²) in [5, 5.41) is 14.9. The van der Waals surface area contributed by atoms with E-state index in [4.69, 9.17) is 0 Å². The fourth-order valence-corrected chi connectivity index (χ4v) is 4.99. The van der Waals surface area contributed by atoms with Crippen molar-refractivity contribution in [1.29, 1.82) is 0 Å². The highest BCUT2D eigenvalue weighted by Crippen LogP contribution is 2.28. The number of hydrogen-bond donors (Lipinski definition) is 1. The van der Waals surface area contributed by atoms with E-state index in [9.17, 15) is 4.79 Å². The molecule has 0 aliphatic rings. The van der Waals surface area contributed by atoms with Crippen molar-refractivity contribution in [1.82, 2.24) is 19.7 Å². The number of carbonyl (C=O) groups is 1. The lowest BCUT2D eigenvalue weighted by Gasteiger charge is -2.13. The molecule has 176 valence electrons. The van der Waals surface area contributed by atoms with Crippen LogP contribution in [-0.4, -0.2) is 45.5 Å². The Labute approximate surface area is 208 Å². The molecule has 0 spiro atoms. The van der Waals surface area contributed by atoms with E-state index in [1.54, 1.807) is 0 Å². The molecule has 0 atom stereocenters. The van der Waals surface area contributed by atoms with Crippen LogP contribution < -0.4 is 10.2 Å². The summed E-state index contributed by atoms with van der Waals surface area (Å²) in [6, 6.07) is 14.5. The van der Waals surface area contributed by atoms with Crippen molar-refractivity contribution in [3.05, 3.63) is 59.0 Å². The van der Waals surface area contributed by atoms with E-state index in [1.165, 1.54) is 34.2 Å². The number of benzene rings is 2. The van der Waals surface area contributed by atoms with Gasteiger partial charge in [-0.05, 0) is 62.2 Å². The molecule has 0 aliphatic heterocycles. The van der Waals surface area contributed by atoms with Crippen molar-refractivity contribution in [2.45, 2.75) is 32.5 Å². The molecule has 9 heteroatoms. The van der Waals surface area contributed by atoms with E-state index < -0.39 is 0 Å². The third-order valence-electron chi connectivity index (χ3n) is 5.56. The number of rotatable bonds is 8. The number of aromatic nitrogens is 4. The Balaban J connectivity index is 1.40. The summed E-state index contributed by atoms with van der Waals surface area (Å²) in [5.41, 5.74) is 6.51. The minimum atomic E-state index is -0.117. The average Bonchev–Trinajstić information content (AvgIpc) is 3.46. The van der Waals surface area contributed by atoms with Gasteiger partial charge in [0.15, 0.2) is 16.1 Å². The Morgan fingerprint density at radius 2 is 1.79 bits per heavy atom. The molecule has 0 saturated heterocycles. The Morgan fingerprint density at radius 3 is 2.47 bits per heavy atom. The van der Waals surface area contributed by atoms with Gasteiger partial charge in [-0.2, -0.15) is 0 Å². The maximum Gasteiger partial charge on any atom is 0.236 e. The molecule has 0 radical (unpaired) electrons. The summed E-state index contributed by atoms with van der Waals surface area (Å²) in [7, 11) is 4.03. The van der Waals surface area contributed by atoms with Gasteiger partial charge in [0, 0.05) is 42.8 Å². The number of anilines is 2. The van der Waals surface area contributed by atoms with Crippen molar-refractivity contribution in [2.75, 3.05) is 30.1 Å². The number of nitrogens with one attached hydrogen (secondary N) is 1. The molecular formula is C25H28N6OS2. The molecule has 2 aromatic heterocycles. The maximum absolute atomic E-state index is 12.6. The SMILES string of the molecule is CCn1c(SCC(=O)Nc2nc(-c3ccc(C)c(C)c3)cs2)nnc1-c1ccc(N(C)C)cc1. The Morgan fingerprint density at radius 1 is 1.06 bits per heavy atom. The van der Waals surface area contributed by atoms with E-state index in [0.29, 0.717) is 11.7 Å². The number of thiazole rings is 1. The number of carbonyl (C=O) groups excluding carboxylic acids is 1. The van der Waals surface area contributed by atoms with Gasteiger partial charge >= 0.3 is 0 Å². The van der Waals surface area contributed by atoms with Crippen molar-refractivity contribution in [3.8, 4) is 22.6 Å². The first kappa shape index (κ1) is 24.0. The van der Waals surface area contributed by atoms with Crippen LogP contribution in [0.15, 0.2) is 53.0 Å². The predicted molar refractivity (Wildman–Crippen MR) is 142 cm³/mol. The van der Waals surface area contributed by atoms with Crippen LogP contribution >= 0.6 is 23.1 Å². The molecule has 0 bridgehead atoms. The molecular weight excluding hydrogens is 464 g/mol. The quantitative estimate of drug-likeness (QED) is 0.327. The molecule has 1 amide bonds. The van der Waals surface area contributed by atoms with Crippen LogP contribution in [0.3, 0.4) is 0 Å². The highest BCUT2D eigenvalue weighted by Gasteiger charge is 2.16. The number of amides is 1. The summed E-state index contributed by atoms with van der Waals surface area (Å²) in [6.45, 7) is 6.94. The first-order valence-corrected chi connectivity index (χ1v) is 12.9. The third-order valence-corrected chi connectivity index (χ3v) is 7.29. The molecule has 34 heavy (non-hydrogen) atoms. The van der Waals surface area contributed by atoms with Crippen LogP contribution in [0.1, 0.15) is 18.1 Å². The molecule has 0 unspecified atom stereocenters. The molecule has 2 heterocycles. The number of hydrogen-bond acceptors (Lipinski definition) is 7. The van der Waals surface area contributed by atoms with Gasteiger partial charge in [-0.1, -0.05) is 23.9 Å². The van der Waals surface area contributed by atoms with Crippen molar-refractivity contribution >= 4 is 39.8 Å². The van der Waals surface area contributed by atoms with E-state index in [1.807, 2.05) is 36.2 Å². The van der Waals surface area contributed by atoms with Gasteiger partial charge < -0.3 is 14.8 Å². The molecule has 4 rings (SSSR count). The van der Waals surface area contributed by atoms with E-state index >= 15 is 0 Å².